The van der Waals surface area contributed by atoms with E-state index in [1.165, 1.54) is 19.1 Å². The zero-order valence-corrected chi connectivity index (χ0v) is 9.95. The fraction of sp³-hybridized carbons (Fsp3) is 0.200. The summed E-state index contributed by atoms with van der Waals surface area (Å²) in [6, 6.07) is 3.43. The van der Waals surface area contributed by atoms with Gasteiger partial charge in [0.2, 0.25) is 5.91 Å². The molecule has 1 aromatic carbocycles. The van der Waals surface area contributed by atoms with Crippen LogP contribution in [0, 0.1) is 10.1 Å². The van der Waals surface area contributed by atoms with Gasteiger partial charge in [-0.25, -0.2) is 5.84 Å². The van der Waals surface area contributed by atoms with Crippen LogP contribution in [0.3, 0.4) is 0 Å². The minimum Gasteiger partial charge on any atom is -0.474 e. The SMILES string of the molecule is CC(Oc1ccc(C(N)=O)cc1[N+](=O)[O-])C(=O)NN. The lowest BCUT2D eigenvalue weighted by atomic mass is 10.2. The predicted octanol–water partition coefficient (Wildman–Crippen LogP) is -0.549. The highest BCUT2D eigenvalue weighted by Crippen LogP contribution is 2.28. The summed E-state index contributed by atoms with van der Waals surface area (Å²) in [5.74, 6) is 3.30. The third-order valence-corrected chi connectivity index (χ3v) is 2.26. The van der Waals surface area contributed by atoms with E-state index in [2.05, 4.69) is 0 Å². The number of amides is 2. The van der Waals surface area contributed by atoms with Gasteiger partial charge in [0.15, 0.2) is 11.9 Å². The Morgan fingerprint density at radius 2 is 2.11 bits per heavy atom. The molecular formula is C10H12N4O5. The Hall–Kier alpha value is -2.68. The van der Waals surface area contributed by atoms with E-state index in [-0.39, 0.29) is 11.3 Å². The largest absolute Gasteiger partial charge is 0.474 e. The van der Waals surface area contributed by atoms with Gasteiger partial charge in [-0.15, -0.1) is 0 Å². The lowest BCUT2D eigenvalue weighted by molar-refractivity contribution is -0.386. The number of carbonyl (C=O) groups is 2. The van der Waals surface area contributed by atoms with Gasteiger partial charge in [0, 0.05) is 11.6 Å². The van der Waals surface area contributed by atoms with E-state index in [1.807, 2.05) is 5.43 Å². The first-order chi connectivity index (χ1) is 8.86. The summed E-state index contributed by atoms with van der Waals surface area (Å²) < 4.78 is 5.11. The zero-order chi connectivity index (χ0) is 14.6. The van der Waals surface area contributed by atoms with Gasteiger partial charge in [-0.3, -0.25) is 25.1 Å². The molecule has 1 atom stereocenters. The quantitative estimate of drug-likeness (QED) is 0.282. The van der Waals surface area contributed by atoms with E-state index >= 15 is 0 Å². The van der Waals surface area contributed by atoms with E-state index in [4.69, 9.17) is 16.3 Å². The highest BCUT2D eigenvalue weighted by Gasteiger charge is 2.22. The van der Waals surface area contributed by atoms with Gasteiger partial charge in [0.05, 0.1) is 4.92 Å². The third-order valence-electron chi connectivity index (χ3n) is 2.26. The summed E-state index contributed by atoms with van der Waals surface area (Å²) >= 11 is 0. The van der Waals surface area contributed by atoms with Gasteiger partial charge in [0.25, 0.3) is 5.91 Å². The molecule has 0 radical (unpaired) electrons. The Kier molecular flexibility index (Phi) is 4.37. The standard InChI is InChI=1S/C10H12N4O5/c1-5(10(16)13-12)19-8-3-2-6(9(11)15)4-7(8)14(17)18/h2-5H,12H2,1H3,(H2,11,15)(H,13,16). The van der Waals surface area contributed by atoms with Crippen molar-refractivity contribution in [1.29, 1.82) is 0 Å². The van der Waals surface area contributed by atoms with Crippen LogP contribution in [-0.4, -0.2) is 22.8 Å². The van der Waals surface area contributed by atoms with Gasteiger partial charge in [-0.2, -0.15) is 0 Å². The first-order valence-corrected chi connectivity index (χ1v) is 5.12. The van der Waals surface area contributed by atoms with E-state index in [0.717, 1.165) is 6.07 Å². The Balaban J connectivity index is 3.10. The maximum absolute atomic E-state index is 11.2. The monoisotopic (exact) mass is 268 g/mol. The van der Waals surface area contributed by atoms with E-state index in [1.54, 1.807) is 0 Å². The molecule has 0 aliphatic carbocycles. The fourth-order valence-corrected chi connectivity index (χ4v) is 1.27. The van der Waals surface area contributed by atoms with Gasteiger partial charge >= 0.3 is 5.69 Å². The molecule has 19 heavy (non-hydrogen) atoms. The van der Waals surface area contributed by atoms with Crippen LogP contribution in [-0.2, 0) is 4.79 Å². The highest BCUT2D eigenvalue weighted by atomic mass is 16.6. The van der Waals surface area contributed by atoms with Crippen molar-refractivity contribution in [3.63, 3.8) is 0 Å². The molecule has 0 fully saturated rings. The molecule has 0 heterocycles. The Morgan fingerprint density at radius 3 is 2.58 bits per heavy atom. The summed E-state index contributed by atoms with van der Waals surface area (Å²) in [4.78, 5) is 32.2. The maximum atomic E-state index is 11.2. The topological polar surface area (TPSA) is 151 Å². The molecule has 0 aliphatic heterocycles. The van der Waals surface area contributed by atoms with Crippen molar-refractivity contribution in [2.75, 3.05) is 0 Å². The number of nitro benzene ring substituents is 1. The van der Waals surface area contributed by atoms with Crippen LogP contribution >= 0.6 is 0 Å². The molecule has 0 spiro atoms. The predicted molar refractivity (Wildman–Crippen MR) is 64.0 cm³/mol. The van der Waals surface area contributed by atoms with Crippen LogP contribution in [0.4, 0.5) is 5.69 Å². The Bertz CT molecular complexity index is 531. The molecule has 5 N–H and O–H groups in total. The minimum atomic E-state index is -1.02. The average Bonchev–Trinajstić information content (AvgIpc) is 2.37. The number of benzene rings is 1. The fourth-order valence-electron chi connectivity index (χ4n) is 1.27. The van der Waals surface area contributed by atoms with Crippen LogP contribution in [0.25, 0.3) is 0 Å². The van der Waals surface area contributed by atoms with Crippen molar-refractivity contribution < 1.29 is 19.2 Å². The summed E-state index contributed by atoms with van der Waals surface area (Å²) in [6.07, 6.45) is -1.02. The number of primary amides is 1. The molecule has 9 heteroatoms. The average molecular weight is 268 g/mol. The molecule has 9 nitrogen and oxygen atoms in total. The summed E-state index contributed by atoms with van der Waals surface area (Å²) in [5, 5.41) is 10.9. The van der Waals surface area contributed by atoms with Crippen LogP contribution in [0.15, 0.2) is 18.2 Å². The molecule has 0 saturated carbocycles. The number of ether oxygens (including phenoxy) is 1. The number of hydrazine groups is 1. The van der Waals surface area contributed by atoms with Crippen LogP contribution in [0.2, 0.25) is 0 Å². The second-order valence-corrected chi connectivity index (χ2v) is 3.57. The number of nitrogens with one attached hydrogen (secondary N) is 1. The zero-order valence-electron chi connectivity index (χ0n) is 9.95. The van der Waals surface area contributed by atoms with Gasteiger partial charge in [-0.1, -0.05) is 0 Å². The first kappa shape index (κ1) is 14.4. The Morgan fingerprint density at radius 1 is 1.47 bits per heavy atom. The number of hydrogen-bond donors (Lipinski definition) is 3. The lowest BCUT2D eigenvalue weighted by Gasteiger charge is -2.13. The molecule has 1 aromatic rings. The minimum absolute atomic E-state index is 0.0324. The summed E-state index contributed by atoms with van der Waals surface area (Å²) in [5.41, 5.74) is 6.38. The van der Waals surface area contributed by atoms with Crippen molar-refractivity contribution >= 4 is 17.5 Å². The molecule has 1 unspecified atom stereocenters. The second-order valence-electron chi connectivity index (χ2n) is 3.57. The van der Waals surface area contributed by atoms with E-state index in [0.29, 0.717) is 0 Å². The number of nitrogens with zero attached hydrogens (tertiary/aromatic N) is 1. The maximum Gasteiger partial charge on any atom is 0.311 e. The third kappa shape index (κ3) is 3.39. The van der Waals surface area contributed by atoms with Gasteiger partial charge in [0.1, 0.15) is 0 Å². The number of hydrogen-bond acceptors (Lipinski definition) is 6. The van der Waals surface area contributed by atoms with Crippen LogP contribution < -0.4 is 21.7 Å². The van der Waals surface area contributed by atoms with Crippen LogP contribution in [0.1, 0.15) is 17.3 Å². The number of carbonyl (C=O) groups excluding carboxylic acids is 2. The second kappa shape index (κ2) is 5.78. The first-order valence-electron chi connectivity index (χ1n) is 5.12. The Labute approximate surface area is 107 Å². The normalized spacial score (nSPS) is 11.5. The molecule has 0 bridgehead atoms. The summed E-state index contributed by atoms with van der Waals surface area (Å²) in [7, 11) is 0. The number of nitrogens with two attached hydrogens (primary N) is 2. The van der Waals surface area contributed by atoms with E-state index in [9.17, 15) is 19.7 Å². The molecule has 2 amide bonds. The smallest absolute Gasteiger partial charge is 0.311 e. The molecule has 0 aromatic heterocycles. The van der Waals surface area contributed by atoms with Gasteiger partial charge < -0.3 is 10.5 Å². The molecule has 1 rings (SSSR count). The highest BCUT2D eigenvalue weighted by molar-refractivity contribution is 5.93. The lowest BCUT2D eigenvalue weighted by Crippen LogP contribution is -2.40. The molecule has 0 aliphatic rings. The summed E-state index contributed by atoms with van der Waals surface area (Å²) in [6.45, 7) is 1.37. The van der Waals surface area contributed by atoms with Crippen molar-refractivity contribution in [3.8, 4) is 5.75 Å². The van der Waals surface area contributed by atoms with Crippen molar-refractivity contribution in [3.05, 3.63) is 33.9 Å². The van der Waals surface area contributed by atoms with E-state index < -0.39 is 28.5 Å². The molecular weight excluding hydrogens is 256 g/mol. The van der Waals surface area contributed by atoms with Crippen LogP contribution in [0.5, 0.6) is 5.75 Å². The van der Waals surface area contributed by atoms with Crippen molar-refractivity contribution in [2.24, 2.45) is 11.6 Å². The number of rotatable bonds is 5. The number of nitro groups is 1. The van der Waals surface area contributed by atoms with Crippen molar-refractivity contribution in [2.45, 2.75) is 13.0 Å². The van der Waals surface area contributed by atoms with Gasteiger partial charge in [-0.05, 0) is 19.1 Å². The molecule has 102 valence electrons. The molecule has 0 saturated heterocycles. The van der Waals surface area contributed by atoms with Crippen molar-refractivity contribution in [1.82, 2.24) is 5.43 Å².